The number of fused-ring (bicyclic) bond motifs is 1. The third-order valence-corrected chi connectivity index (χ3v) is 4.91. The minimum atomic E-state index is 0.431. The average Bonchev–Trinajstić information content (AvgIpc) is 3.07. The van der Waals surface area contributed by atoms with Crippen molar-refractivity contribution in [2.45, 2.75) is 38.6 Å². The van der Waals surface area contributed by atoms with Crippen molar-refractivity contribution >= 4 is 5.82 Å². The fourth-order valence-electron chi connectivity index (χ4n) is 3.48. The maximum atomic E-state index is 5.57. The summed E-state index contributed by atoms with van der Waals surface area (Å²) in [6.07, 6.45) is 5.71. The highest BCUT2D eigenvalue weighted by molar-refractivity contribution is 5.38. The lowest BCUT2D eigenvalue weighted by Crippen LogP contribution is -2.39. The number of likely N-dealkylation sites (tertiary alicyclic amines) is 1. The normalized spacial score (nSPS) is 18.8. The molecule has 134 valence electrons. The van der Waals surface area contributed by atoms with Crippen molar-refractivity contribution in [3.63, 3.8) is 0 Å². The van der Waals surface area contributed by atoms with Crippen LogP contribution < -0.4 is 10.1 Å². The zero-order chi connectivity index (χ0) is 17.1. The van der Waals surface area contributed by atoms with Gasteiger partial charge < -0.3 is 14.8 Å². The van der Waals surface area contributed by atoms with E-state index in [1.165, 1.54) is 17.6 Å². The van der Waals surface area contributed by atoms with Crippen LogP contribution in [-0.2, 0) is 24.4 Å². The summed E-state index contributed by atoms with van der Waals surface area (Å²) >= 11 is 0. The number of piperidine rings is 1. The lowest BCUT2D eigenvalue weighted by molar-refractivity contribution is 0.0785. The van der Waals surface area contributed by atoms with Gasteiger partial charge in [0.25, 0.3) is 0 Å². The highest BCUT2D eigenvalue weighted by Crippen LogP contribution is 2.21. The van der Waals surface area contributed by atoms with E-state index in [0.29, 0.717) is 18.5 Å². The van der Waals surface area contributed by atoms with E-state index < -0.39 is 0 Å². The second-order valence-corrected chi connectivity index (χ2v) is 6.53. The molecular formula is C17H24N6O2. The molecule has 2 aliphatic heterocycles. The van der Waals surface area contributed by atoms with Crippen LogP contribution in [0.15, 0.2) is 18.6 Å². The number of hydrogen-bond acceptors (Lipinski definition) is 7. The summed E-state index contributed by atoms with van der Waals surface area (Å²) in [5, 5.41) is 7.97. The van der Waals surface area contributed by atoms with Gasteiger partial charge >= 0.3 is 0 Å². The lowest BCUT2D eigenvalue weighted by atomic mass is 10.0. The molecule has 1 N–H and O–H groups in total. The summed E-state index contributed by atoms with van der Waals surface area (Å²) in [4.78, 5) is 10.8. The van der Waals surface area contributed by atoms with E-state index in [9.17, 15) is 0 Å². The number of methoxy groups -OCH3 is 1. The molecule has 2 aromatic heterocycles. The van der Waals surface area contributed by atoms with Crippen molar-refractivity contribution in [1.82, 2.24) is 24.6 Å². The molecule has 0 amide bonds. The highest BCUT2D eigenvalue weighted by Gasteiger charge is 2.22. The molecule has 4 heterocycles. The number of nitrogens with one attached hydrogen (secondary N) is 1. The second kappa shape index (κ2) is 7.37. The van der Waals surface area contributed by atoms with Crippen LogP contribution in [0.1, 0.15) is 24.1 Å². The zero-order valence-corrected chi connectivity index (χ0v) is 14.5. The number of aromatic nitrogens is 4. The van der Waals surface area contributed by atoms with Crippen LogP contribution in [0.2, 0.25) is 0 Å². The molecule has 25 heavy (non-hydrogen) atoms. The topological polar surface area (TPSA) is 77.3 Å². The van der Waals surface area contributed by atoms with Gasteiger partial charge in [-0.2, -0.15) is 5.10 Å². The van der Waals surface area contributed by atoms with E-state index >= 15 is 0 Å². The molecule has 0 bridgehead atoms. The number of anilines is 1. The van der Waals surface area contributed by atoms with Crippen LogP contribution >= 0.6 is 0 Å². The SMILES string of the molecule is COc1cc(NC2CCN(Cc3cnn4c3COCC4)CC2)ncn1. The first-order chi connectivity index (χ1) is 12.3. The van der Waals surface area contributed by atoms with Crippen LogP contribution in [0.25, 0.3) is 0 Å². The molecule has 8 heteroatoms. The highest BCUT2D eigenvalue weighted by atomic mass is 16.5. The Morgan fingerprint density at radius 3 is 3.00 bits per heavy atom. The van der Waals surface area contributed by atoms with E-state index in [1.54, 1.807) is 7.11 Å². The van der Waals surface area contributed by atoms with Gasteiger partial charge in [0.05, 0.1) is 38.8 Å². The molecule has 0 radical (unpaired) electrons. The molecule has 0 spiro atoms. The monoisotopic (exact) mass is 344 g/mol. The molecule has 4 rings (SSSR count). The third kappa shape index (κ3) is 3.74. The minimum Gasteiger partial charge on any atom is -0.481 e. The van der Waals surface area contributed by atoms with Gasteiger partial charge in [0.1, 0.15) is 12.1 Å². The Labute approximate surface area is 147 Å². The van der Waals surface area contributed by atoms with E-state index in [-0.39, 0.29) is 0 Å². The summed E-state index contributed by atoms with van der Waals surface area (Å²) < 4.78 is 12.8. The Balaban J connectivity index is 1.30. The second-order valence-electron chi connectivity index (χ2n) is 6.53. The maximum absolute atomic E-state index is 5.57. The molecule has 2 aliphatic rings. The van der Waals surface area contributed by atoms with Crippen LogP contribution in [0.5, 0.6) is 5.88 Å². The molecular weight excluding hydrogens is 320 g/mol. The first-order valence-corrected chi connectivity index (χ1v) is 8.78. The summed E-state index contributed by atoms with van der Waals surface area (Å²) in [5.41, 5.74) is 2.53. The van der Waals surface area contributed by atoms with Crippen LogP contribution in [-0.4, -0.2) is 57.5 Å². The Morgan fingerprint density at radius 2 is 2.16 bits per heavy atom. The van der Waals surface area contributed by atoms with Gasteiger partial charge in [-0.15, -0.1) is 0 Å². The summed E-state index contributed by atoms with van der Waals surface area (Å²) in [6, 6.07) is 2.27. The Morgan fingerprint density at radius 1 is 1.28 bits per heavy atom. The molecule has 2 aromatic rings. The van der Waals surface area contributed by atoms with Gasteiger partial charge in [0, 0.05) is 37.3 Å². The van der Waals surface area contributed by atoms with Crippen molar-refractivity contribution in [2.24, 2.45) is 0 Å². The number of hydrogen-bond donors (Lipinski definition) is 1. The standard InChI is InChI=1S/C17H24N6O2/c1-24-17-8-16(18-12-19-17)21-14-2-4-22(5-3-14)10-13-9-20-23-6-7-25-11-15(13)23/h8-9,12,14H,2-7,10-11H2,1H3,(H,18,19,21). The minimum absolute atomic E-state index is 0.431. The van der Waals surface area contributed by atoms with Gasteiger partial charge in [-0.3, -0.25) is 9.58 Å². The molecule has 0 unspecified atom stereocenters. The molecule has 0 aliphatic carbocycles. The van der Waals surface area contributed by atoms with E-state index in [4.69, 9.17) is 9.47 Å². The molecule has 0 saturated carbocycles. The molecule has 1 fully saturated rings. The molecule has 8 nitrogen and oxygen atoms in total. The zero-order valence-electron chi connectivity index (χ0n) is 14.5. The van der Waals surface area contributed by atoms with Crippen molar-refractivity contribution in [2.75, 3.05) is 32.1 Å². The first kappa shape index (κ1) is 16.3. The summed E-state index contributed by atoms with van der Waals surface area (Å²) in [6.45, 7) is 5.38. The van der Waals surface area contributed by atoms with Gasteiger partial charge in [-0.1, -0.05) is 0 Å². The molecule has 0 atom stereocenters. The predicted octanol–water partition coefficient (Wildman–Crippen LogP) is 1.29. The fraction of sp³-hybridized carbons (Fsp3) is 0.588. The van der Waals surface area contributed by atoms with Crippen molar-refractivity contribution in [1.29, 1.82) is 0 Å². The van der Waals surface area contributed by atoms with E-state index in [0.717, 1.165) is 51.4 Å². The van der Waals surface area contributed by atoms with Crippen molar-refractivity contribution in [3.05, 3.63) is 29.8 Å². The van der Waals surface area contributed by atoms with Gasteiger partial charge in [-0.25, -0.2) is 9.97 Å². The molecule has 1 saturated heterocycles. The predicted molar refractivity (Wildman–Crippen MR) is 92.4 cm³/mol. The van der Waals surface area contributed by atoms with Gasteiger partial charge in [-0.05, 0) is 12.8 Å². The quantitative estimate of drug-likeness (QED) is 0.876. The van der Waals surface area contributed by atoms with Gasteiger partial charge in [0.2, 0.25) is 5.88 Å². The van der Waals surface area contributed by atoms with Crippen molar-refractivity contribution in [3.8, 4) is 5.88 Å². The fourth-order valence-corrected chi connectivity index (χ4v) is 3.48. The van der Waals surface area contributed by atoms with Crippen molar-refractivity contribution < 1.29 is 9.47 Å². The number of nitrogens with zero attached hydrogens (tertiary/aromatic N) is 5. The number of rotatable bonds is 5. The maximum Gasteiger partial charge on any atom is 0.218 e. The number of ether oxygens (including phenoxy) is 2. The smallest absolute Gasteiger partial charge is 0.218 e. The van der Waals surface area contributed by atoms with E-state index in [2.05, 4.69) is 30.0 Å². The Kier molecular flexibility index (Phi) is 4.80. The van der Waals surface area contributed by atoms with Crippen LogP contribution in [0, 0.1) is 0 Å². The largest absolute Gasteiger partial charge is 0.481 e. The first-order valence-electron chi connectivity index (χ1n) is 8.78. The van der Waals surface area contributed by atoms with E-state index in [1.807, 2.05) is 12.3 Å². The van der Waals surface area contributed by atoms with Gasteiger partial charge in [0.15, 0.2) is 0 Å². The van der Waals surface area contributed by atoms with Crippen LogP contribution in [0.3, 0.4) is 0 Å². The summed E-state index contributed by atoms with van der Waals surface area (Å²) in [5.74, 6) is 1.41. The average molecular weight is 344 g/mol. The molecule has 0 aromatic carbocycles. The Hall–Kier alpha value is -2.19. The Bertz CT molecular complexity index is 711. The third-order valence-electron chi connectivity index (χ3n) is 4.91. The summed E-state index contributed by atoms with van der Waals surface area (Å²) in [7, 11) is 1.62. The van der Waals surface area contributed by atoms with Crippen LogP contribution in [0.4, 0.5) is 5.82 Å². The lowest BCUT2D eigenvalue weighted by Gasteiger charge is -2.32.